The van der Waals surface area contributed by atoms with E-state index in [9.17, 15) is 4.79 Å². The van der Waals surface area contributed by atoms with Crippen molar-refractivity contribution in [2.45, 2.75) is 51.1 Å². The Morgan fingerprint density at radius 2 is 2.12 bits per heavy atom. The van der Waals surface area contributed by atoms with Gasteiger partial charge >= 0.3 is 0 Å². The minimum atomic E-state index is -0.336. The molecule has 1 fully saturated rings. The Balaban J connectivity index is 2.43. The van der Waals surface area contributed by atoms with Crippen LogP contribution in [0.3, 0.4) is 0 Å². The van der Waals surface area contributed by atoms with Crippen LogP contribution in [0, 0.1) is 0 Å². The molecule has 0 radical (unpaired) electrons. The van der Waals surface area contributed by atoms with Gasteiger partial charge in [0.15, 0.2) is 0 Å². The molecule has 0 aromatic rings. The maximum Gasteiger partial charge on any atom is 0.219 e. The maximum atomic E-state index is 10.7. The third-order valence-corrected chi connectivity index (χ3v) is 2.66. The second-order valence-corrected chi connectivity index (χ2v) is 4.28. The van der Waals surface area contributed by atoms with E-state index in [1.165, 1.54) is 12.8 Å². The van der Waals surface area contributed by atoms with Crippen molar-refractivity contribution >= 4 is 11.9 Å². The van der Waals surface area contributed by atoms with E-state index in [4.69, 9.17) is 11.6 Å². The molecule has 0 bridgehead atoms. The summed E-state index contributed by atoms with van der Waals surface area (Å²) in [5.74, 6) is 5.58. The van der Waals surface area contributed by atoms with Crippen LogP contribution in [0.15, 0.2) is 4.99 Å². The highest BCUT2D eigenvalue weighted by molar-refractivity contribution is 5.81. The summed E-state index contributed by atoms with van der Waals surface area (Å²) in [6, 6.07) is 0.285. The summed E-state index contributed by atoms with van der Waals surface area (Å²) in [5, 5.41) is 3.04. The molecule has 0 saturated heterocycles. The van der Waals surface area contributed by atoms with E-state index in [2.05, 4.69) is 15.7 Å². The molecule has 1 unspecified atom stereocenters. The van der Waals surface area contributed by atoms with Gasteiger partial charge in [-0.1, -0.05) is 12.8 Å². The third-order valence-electron chi connectivity index (χ3n) is 2.66. The van der Waals surface area contributed by atoms with Crippen molar-refractivity contribution in [3.63, 3.8) is 0 Å². The Hall–Kier alpha value is -1.30. The van der Waals surface area contributed by atoms with Crippen molar-refractivity contribution in [2.75, 3.05) is 0 Å². The minimum absolute atomic E-state index is 0.0614. The number of hydrazine groups is 1. The van der Waals surface area contributed by atoms with E-state index in [0.717, 1.165) is 12.8 Å². The SMILES string of the molecule is CC(CC(N)=O)NC(=NC1CCCC1)NN. The van der Waals surface area contributed by atoms with Crippen molar-refractivity contribution in [1.29, 1.82) is 0 Å². The number of primary amides is 1. The van der Waals surface area contributed by atoms with E-state index in [-0.39, 0.29) is 18.4 Å². The smallest absolute Gasteiger partial charge is 0.219 e. The first-order valence-electron chi connectivity index (χ1n) is 5.71. The summed E-state index contributed by atoms with van der Waals surface area (Å²) < 4.78 is 0. The molecular formula is C10H21N5O. The second-order valence-electron chi connectivity index (χ2n) is 4.28. The van der Waals surface area contributed by atoms with Gasteiger partial charge in [0.05, 0.1) is 6.04 Å². The highest BCUT2D eigenvalue weighted by Crippen LogP contribution is 2.20. The molecule has 0 heterocycles. The number of guanidine groups is 1. The molecule has 1 amide bonds. The van der Waals surface area contributed by atoms with Crippen molar-refractivity contribution in [1.82, 2.24) is 10.7 Å². The molecule has 0 aromatic carbocycles. The zero-order chi connectivity index (χ0) is 12.0. The van der Waals surface area contributed by atoms with E-state index >= 15 is 0 Å². The first-order chi connectivity index (χ1) is 7.61. The van der Waals surface area contributed by atoms with Gasteiger partial charge in [-0.15, -0.1) is 0 Å². The van der Waals surface area contributed by atoms with Gasteiger partial charge in [-0.2, -0.15) is 0 Å². The number of amides is 1. The van der Waals surface area contributed by atoms with Crippen LogP contribution in [0.4, 0.5) is 0 Å². The van der Waals surface area contributed by atoms with Gasteiger partial charge in [0.1, 0.15) is 0 Å². The predicted molar refractivity (Wildman–Crippen MR) is 63.4 cm³/mol. The number of rotatable bonds is 4. The summed E-state index contributed by atoms with van der Waals surface area (Å²) in [5.41, 5.74) is 7.62. The summed E-state index contributed by atoms with van der Waals surface area (Å²) >= 11 is 0. The number of carbonyl (C=O) groups excluding carboxylic acids is 1. The molecule has 6 heteroatoms. The summed E-state index contributed by atoms with van der Waals surface area (Å²) in [6.07, 6.45) is 4.94. The molecule has 0 aromatic heterocycles. The Morgan fingerprint density at radius 1 is 1.50 bits per heavy atom. The van der Waals surface area contributed by atoms with Crippen LogP contribution in [0.5, 0.6) is 0 Å². The fourth-order valence-electron chi connectivity index (χ4n) is 1.92. The number of carbonyl (C=O) groups is 1. The van der Waals surface area contributed by atoms with Gasteiger partial charge in [-0.05, 0) is 19.8 Å². The molecule has 0 aliphatic heterocycles. The molecule has 6 nitrogen and oxygen atoms in total. The number of nitrogens with one attached hydrogen (secondary N) is 2. The molecule has 1 aliphatic carbocycles. The average Bonchev–Trinajstić information content (AvgIpc) is 2.68. The summed E-state index contributed by atoms with van der Waals surface area (Å²) in [4.78, 5) is 15.2. The minimum Gasteiger partial charge on any atom is -0.370 e. The highest BCUT2D eigenvalue weighted by atomic mass is 16.1. The fourth-order valence-corrected chi connectivity index (χ4v) is 1.92. The Morgan fingerprint density at radius 3 is 2.62 bits per heavy atom. The second kappa shape index (κ2) is 6.32. The molecule has 1 rings (SSSR count). The zero-order valence-corrected chi connectivity index (χ0v) is 9.70. The van der Waals surface area contributed by atoms with E-state index in [1.54, 1.807) is 0 Å². The van der Waals surface area contributed by atoms with Crippen molar-refractivity contribution < 1.29 is 4.79 Å². The van der Waals surface area contributed by atoms with Crippen LogP contribution in [0.2, 0.25) is 0 Å². The van der Waals surface area contributed by atoms with Crippen LogP contribution in [0.1, 0.15) is 39.0 Å². The topological polar surface area (TPSA) is 106 Å². The molecule has 1 saturated carbocycles. The summed E-state index contributed by atoms with van der Waals surface area (Å²) in [7, 11) is 0. The average molecular weight is 227 g/mol. The molecule has 1 atom stereocenters. The number of hydrogen-bond donors (Lipinski definition) is 4. The lowest BCUT2D eigenvalue weighted by Crippen LogP contribution is -2.47. The number of nitrogens with two attached hydrogens (primary N) is 2. The third kappa shape index (κ3) is 4.48. The van der Waals surface area contributed by atoms with Crippen molar-refractivity contribution in [2.24, 2.45) is 16.6 Å². The zero-order valence-electron chi connectivity index (χ0n) is 9.70. The van der Waals surface area contributed by atoms with Gasteiger partial charge in [0, 0.05) is 12.5 Å². The van der Waals surface area contributed by atoms with E-state index < -0.39 is 0 Å². The van der Waals surface area contributed by atoms with Gasteiger partial charge < -0.3 is 11.1 Å². The number of nitrogens with zero attached hydrogens (tertiary/aromatic N) is 1. The normalized spacial score (nSPS) is 19.5. The van der Waals surface area contributed by atoms with E-state index in [0.29, 0.717) is 12.0 Å². The lowest BCUT2D eigenvalue weighted by atomic mass is 10.2. The molecule has 16 heavy (non-hydrogen) atoms. The standard InChI is InChI=1S/C10H21N5O/c1-7(6-9(11)16)13-10(15-12)14-8-4-2-3-5-8/h7-8H,2-6,12H2,1H3,(H2,11,16)(H2,13,14,15). The Bertz CT molecular complexity index is 260. The van der Waals surface area contributed by atoms with Crippen LogP contribution in [-0.4, -0.2) is 24.0 Å². The van der Waals surface area contributed by atoms with E-state index in [1.807, 2.05) is 6.92 Å². The van der Waals surface area contributed by atoms with Crippen molar-refractivity contribution in [3.8, 4) is 0 Å². The molecule has 0 spiro atoms. The number of hydrogen-bond acceptors (Lipinski definition) is 3. The van der Waals surface area contributed by atoms with Gasteiger partial charge in [0.2, 0.25) is 11.9 Å². The first kappa shape index (κ1) is 12.8. The molecular weight excluding hydrogens is 206 g/mol. The Kier molecular flexibility index (Phi) is 5.04. The van der Waals surface area contributed by atoms with Crippen LogP contribution in [-0.2, 0) is 4.79 Å². The monoisotopic (exact) mass is 227 g/mol. The highest BCUT2D eigenvalue weighted by Gasteiger charge is 2.15. The fraction of sp³-hybridized carbons (Fsp3) is 0.800. The lowest BCUT2D eigenvalue weighted by Gasteiger charge is -2.16. The first-order valence-corrected chi connectivity index (χ1v) is 5.71. The molecule has 6 N–H and O–H groups in total. The quantitative estimate of drug-likeness (QED) is 0.227. The van der Waals surface area contributed by atoms with Gasteiger partial charge in [0.25, 0.3) is 0 Å². The van der Waals surface area contributed by atoms with Gasteiger partial charge in [-0.25, -0.2) is 10.8 Å². The van der Waals surface area contributed by atoms with Gasteiger partial charge in [-0.3, -0.25) is 10.2 Å². The Labute approximate surface area is 95.8 Å². The van der Waals surface area contributed by atoms with Crippen molar-refractivity contribution in [3.05, 3.63) is 0 Å². The lowest BCUT2D eigenvalue weighted by molar-refractivity contribution is -0.118. The number of aliphatic imine (C=N–C) groups is 1. The van der Waals surface area contributed by atoms with Crippen LogP contribution >= 0.6 is 0 Å². The predicted octanol–water partition coefficient (Wildman–Crippen LogP) is -0.398. The maximum absolute atomic E-state index is 10.7. The van der Waals surface area contributed by atoms with Crippen LogP contribution in [0.25, 0.3) is 0 Å². The molecule has 1 aliphatic rings. The molecule has 92 valence electrons. The summed E-state index contributed by atoms with van der Waals surface area (Å²) in [6.45, 7) is 1.87. The van der Waals surface area contributed by atoms with Crippen LogP contribution < -0.4 is 22.3 Å². The largest absolute Gasteiger partial charge is 0.370 e.